The lowest BCUT2D eigenvalue weighted by molar-refractivity contribution is 0.567. The standard InChI is InChI=1S/C13H23N3/c1-4-15-12-8-13(10-14-9-12)16-7-5-6-11(2)3/h8-11,15-16H,4-7H2,1-3H3. The third-order valence-corrected chi connectivity index (χ3v) is 2.41. The summed E-state index contributed by atoms with van der Waals surface area (Å²) >= 11 is 0. The number of nitrogens with zero attached hydrogens (tertiary/aromatic N) is 1. The van der Waals surface area contributed by atoms with Gasteiger partial charge in [0.05, 0.1) is 23.8 Å². The van der Waals surface area contributed by atoms with Crippen molar-refractivity contribution >= 4 is 11.4 Å². The molecule has 0 bridgehead atoms. The average molecular weight is 221 g/mol. The van der Waals surface area contributed by atoms with Gasteiger partial charge in [-0.15, -0.1) is 0 Å². The van der Waals surface area contributed by atoms with Crippen molar-refractivity contribution in [2.24, 2.45) is 5.92 Å². The summed E-state index contributed by atoms with van der Waals surface area (Å²) < 4.78 is 0. The summed E-state index contributed by atoms with van der Waals surface area (Å²) in [6.45, 7) is 8.55. The van der Waals surface area contributed by atoms with E-state index in [0.29, 0.717) is 0 Å². The first-order valence-corrected chi connectivity index (χ1v) is 6.15. The highest BCUT2D eigenvalue weighted by atomic mass is 14.9. The quantitative estimate of drug-likeness (QED) is 0.693. The molecule has 3 heteroatoms. The lowest BCUT2D eigenvalue weighted by Gasteiger charge is -2.09. The van der Waals surface area contributed by atoms with Crippen molar-refractivity contribution < 1.29 is 0 Å². The second kappa shape index (κ2) is 7.09. The molecular formula is C13H23N3. The molecule has 2 N–H and O–H groups in total. The van der Waals surface area contributed by atoms with E-state index in [1.807, 2.05) is 12.4 Å². The molecule has 0 radical (unpaired) electrons. The molecule has 0 aliphatic heterocycles. The molecule has 1 aromatic rings. The van der Waals surface area contributed by atoms with E-state index in [0.717, 1.165) is 30.4 Å². The van der Waals surface area contributed by atoms with E-state index >= 15 is 0 Å². The van der Waals surface area contributed by atoms with Crippen LogP contribution in [-0.4, -0.2) is 18.1 Å². The molecule has 0 spiro atoms. The van der Waals surface area contributed by atoms with Crippen LogP contribution in [0.4, 0.5) is 11.4 Å². The first-order chi connectivity index (χ1) is 7.72. The van der Waals surface area contributed by atoms with Crippen molar-refractivity contribution in [1.29, 1.82) is 0 Å². The fourth-order valence-electron chi connectivity index (χ4n) is 1.58. The van der Waals surface area contributed by atoms with Gasteiger partial charge in [-0.25, -0.2) is 0 Å². The lowest BCUT2D eigenvalue weighted by atomic mass is 10.1. The maximum Gasteiger partial charge on any atom is 0.0547 e. The fourth-order valence-corrected chi connectivity index (χ4v) is 1.58. The van der Waals surface area contributed by atoms with Crippen LogP contribution in [0.25, 0.3) is 0 Å². The van der Waals surface area contributed by atoms with Crippen LogP contribution in [0.2, 0.25) is 0 Å². The average Bonchev–Trinajstić information content (AvgIpc) is 2.25. The molecule has 0 amide bonds. The number of hydrogen-bond acceptors (Lipinski definition) is 3. The van der Waals surface area contributed by atoms with Crippen LogP contribution < -0.4 is 10.6 Å². The van der Waals surface area contributed by atoms with E-state index in [-0.39, 0.29) is 0 Å². The van der Waals surface area contributed by atoms with E-state index in [1.165, 1.54) is 12.8 Å². The summed E-state index contributed by atoms with van der Waals surface area (Å²) in [5.41, 5.74) is 2.18. The lowest BCUT2D eigenvalue weighted by Crippen LogP contribution is -2.04. The van der Waals surface area contributed by atoms with Gasteiger partial charge < -0.3 is 10.6 Å². The second-order valence-corrected chi connectivity index (χ2v) is 4.46. The number of nitrogens with one attached hydrogen (secondary N) is 2. The molecular weight excluding hydrogens is 198 g/mol. The zero-order chi connectivity index (χ0) is 11.8. The van der Waals surface area contributed by atoms with Gasteiger partial charge in [0.1, 0.15) is 0 Å². The van der Waals surface area contributed by atoms with Gasteiger partial charge in [0, 0.05) is 13.1 Å². The van der Waals surface area contributed by atoms with Crippen molar-refractivity contribution in [3.63, 3.8) is 0 Å². The summed E-state index contributed by atoms with van der Waals surface area (Å²) in [4.78, 5) is 4.19. The van der Waals surface area contributed by atoms with Crippen molar-refractivity contribution in [1.82, 2.24) is 4.98 Å². The molecule has 0 aliphatic rings. The van der Waals surface area contributed by atoms with Gasteiger partial charge in [-0.3, -0.25) is 4.98 Å². The first-order valence-electron chi connectivity index (χ1n) is 6.15. The monoisotopic (exact) mass is 221 g/mol. The van der Waals surface area contributed by atoms with E-state index in [1.54, 1.807) is 0 Å². The number of anilines is 2. The van der Waals surface area contributed by atoms with Crippen LogP contribution in [0.5, 0.6) is 0 Å². The van der Waals surface area contributed by atoms with Gasteiger partial charge in [-0.2, -0.15) is 0 Å². The molecule has 1 heterocycles. The third kappa shape index (κ3) is 5.01. The first kappa shape index (κ1) is 12.8. The molecule has 0 aliphatic carbocycles. The van der Waals surface area contributed by atoms with Gasteiger partial charge in [0.25, 0.3) is 0 Å². The fraction of sp³-hybridized carbons (Fsp3) is 0.615. The predicted octanol–water partition coefficient (Wildman–Crippen LogP) is 3.36. The van der Waals surface area contributed by atoms with Crippen LogP contribution in [-0.2, 0) is 0 Å². The molecule has 0 saturated carbocycles. The zero-order valence-electron chi connectivity index (χ0n) is 10.6. The Balaban J connectivity index is 2.33. The minimum Gasteiger partial charge on any atom is -0.384 e. The summed E-state index contributed by atoms with van der Waals surface area (Å²) in [5, 5.41) is 6.65. The summed E-state index contributed by atoms with van der Waals surface area (Å²) in [5.74, 6) is 0.785. The normalized spacial score (nSPS) is 10.5. The van der Waals surface area contributed by atoms with Gasteiger partial charge in [0.15, 0.2) is 0 Å². The number of rotatable bonds is 7. The molecule has 0 fully saturated rings. The topological polar surface area (TPSA) is 37.0 Å². The number of hydrogen-bond donors (Lipinski definition) is 2. The Kier molecular flexibility index (Phi) is 5.68. The van der Waals surface area contributed by atoms with Crippen LogP contribution in [0.15, 0.2) is 18.5 Å². The van der Waals surface area contributed by atoms with Crippen molar-refractivity contribution in [2.45, 2.75) is 33.6 Å². The Bertz CT molecular complexity index is 297. The maximum atomic E-state index is 4.19. The molecule has 0 unspecified atom stereocenters. The SMILES string of the molecule is CCNc1cncc(NCCCC(C)C)c1. The van der Waals surface area contributed by atoms with Gasteiger partial charge in [-0.05, 0) is 31.7 Å². The van der Waals surface area contributed by atoms with E-state index < -0.39 is 0 Å². The molecule has 16 heavy (non-hydrogen) atoms. The van der Waals surface area contributed by atoms with Crippen LogP contribution in [0.3, 0.4) is 0 Å². The molecule has 0 saturated heterocycles. The van der Waals surface area contributed by atoms with Gasteiger partial charge in [-0.1, -0.05) is 13.8 Å². The van der Waals surface area contributed by atoms with Crippen LogP contribution in [0.1, 0.15) is 33.6 Å². The van der Waals surface area contributed by atoms with Crippen molar-refractivity contribution in [3.05, 3.63) is 18.5 Å². The van der Waals surface area contributed by atoms with E-state index in [4.69, 9.17) is 0 Å². The highest BCUT2D eigenvalue weighted by molar-refractivity contribution is 5.53. The van der Waals surface area contributed by atoms with Crippen molar-refractivity contribution in [3.8, 4) is 0 Å². The van der Waals surface area contributed by atoms with Crippen molar-refractivity contribution in [2.75, 3.05) is 23.7 Å². The third-order valence-electron chi connectivity index (χ3n) is 2.41. The van der Waals surface area contributed by atoms with Gasteiger partial charge >= 0.3 is 0 Å². The van der Waals surface area contributed by atoms with Crippen LogP contribution in [0, 0.1) is 5.92 Å². The molecule has 0 atom stereocenters. The Morgan fingerprint density at radius 3 is 2.50 bits per heavy atom. The number of pyridine rings is 1. The highest BCUT2D eigenvalue weighted by Gasteiger charge is 1.96. The summed E-state index contributed by atoms with van der Waals surface area (Å²) in [6.07, 6.45) is 6.20. The molecule has 1 rings (SSSR count). The molecule has 3 nitrogen and oxygen atoms in total. The van der Waals surface area contributed by atoms with E-state index in [2.05, 4.69) is 42.5 Å². The predicted molar refractivity (Wildman–Crippen MR) is 71.0 cm³/mol. The van der Waals surface area contributed by atoms with E-state index in [9.17, 15) is 0 Å². The summed E-state index contributed by atoms with van der Waals surface area (Å²) in [6, 6.07) is 2.10. The zero-order valence-corrected chi connectivity index (χ0v) is 10.6. The largest absolute Gasteiger partial charge is 0.384 e. The minimum absolute atomic E-state index is 0.785. The van der Waals surface area contributed by atoms with Gasteiger partial charge in [0.2, 0.25) is 0 Å². The maximum absolute atomic E-state index is 4.19. The Labute approximate surface area is 98.7 Å². The molecule has 0 aromatic carbocycles. The van der Waals surface area contributed by atoms with Crippen LogP contribution >= 0.6 is 0 Å². The number of aromatic nitrogens is 1. The molecule has 90 valence electrons. The minimum atomic E-state index is 0.785. The smallest absolute Gasteiger partial charge is 0.0547 e. The Morgan fingerprint density at radius 2 is 1.88 bits per heavy atom. The highest BCUT2D eigenvalue weighted by Crippen LogP contribution is 2.13. The summed E-state index contributed by atoms with van der Waals surface area (Å²) in [7, 11) is 0. The molecule has 1 aromatic heterocycles. The Morgan fingerprint density at radius 1 is 1.19 bits per heavy atom. The Hall–Kier alpha value is -1.25. The second-order valence-electron chi connectivity index (χ2n) is 4.46.